The number of aromatic nitrogens is 2. The van der Waals surface area contributed by atoms with Gasteiger partial charge in [0.05, 0.1) is 10.6 Å². The fraction of sp³-hybridized carbons (Fsp3) is 0.357. The topological polar surface area (TPSA) is 73.0 Å². The van der Waals surface area contributed by atoms with Crippen molar-refractivity contribution in [3.63, 3.8) is 0 Å². The van der Waals surface area contributed by atoms with Gasteiger partial charge in [-0.25, -0.2) is 0 Å². The van der Waals surface area contributed by atoms with Gasteiger partial charge in [-0.2, -0.15) is 5.10 Å². The first-order valence-electron chi connectivity index (χ1n) is 6.62. The normalized spacial score (nSPS) is 10.7. The van der Waals surface area contributed by atoms with Gasteiger partial charge < -0.3 is 5.32 Å². The molecule has 0 amide bonds. The lowest BCUT2D eigenvalue weighted by molar-refractivity contribution is -0.384. The van der Waals surface area contributed by atoms with Crippen LogP contribution in [0.15, 0.2) is 18.3 Å². The molecule has 112 valence electrons. The summed E-state index contributed by atoms with van der Waals surface area (Å²) in [5.74, 6) is 0. The molecule has 0 aliphatic carbocycles. The summed E-state index contributed by atoms with van der Waals surface area (Å²) in [6.45, 7) is 4.47. The minimum absolute atomic E-state index is 0.0738. The Labute approximate surface area is 127 Å². The molecule has 0 spiro atoms. The zero-order valence-electron chi connectivity index (χ0n) is 12.2. The molecule has 0 bridgehead atoms. The van der Waals surface area contributed by atoms with Crippen LogP contribution in [0.2, 0.25) is 5.02 Å². The molecular formula is C14H17ClN4O2. The molecule has 7 heteroatoms. The number of benzene rings is 1. The van der Waals surface area contributed by atoms with Gasteiger partial charge in [-0.1, -0.05) is 18.5 Å². The molecule has 2 aromatic rings. The van der Waals surface area contributed by atoms with Gasteiger partial charge in [0.25, 0.3) is 5.69 Å². The van der Waals surface area contributed by atoms with E-state index in [1.807, 2.05) is 20.2 Å². The van der Waals surface area contributed by atoms with Crippen molar-refractivity contribution < 1.29 is 4.92 Å². The Morgan fingerprint density at radius 1 is 1.48 bits per heavy atom. The lowest BCUT2D eigenvalue weighted by Crippen LogP contribution is -2.03. The van der Waals surface area contributed by atoms with Crippen LogP contribution >= 0.6 is 11.6 Å². The van der Waals surface area contributed by atoms with E-state index in [4.69, 9.17) is 11.6 Å². The largest absolute Gasteiger partial charge is 0.381 e. The zero-order valence-corrected chi connectivity index (χ0v) is 12.9. The summed E-state index contributed by atoms with van der Waals surface area (Å²) in [6, 6.07) is 3.08. The number of halogens is 1. The number of rotatable bonds is 5. The van der Waals surface area contributed by atoms with Gasteiger partial charge in [-0.3, -0.25) is 14.8 Å². The Hall–Kier alpha value is -2.08. The van der Waals surface area contributed by atoms with Crippen molar-refractivity contribution >= 4 is 23.0 Å². The van der Waals surface area contributed by atoms with Crippen molar-refractivity contribution in [3.8, 4) is 0 Å². The summed E-state index contributed by atoms with van der Waals surface area (Å²) in [6.07, 6.45) is 2.83. The predicted octanol–water partition coefficient (Wildman–Crippen LogP) is 3.46. The van der Waals surface area contributed by atoms with Gasteiger partial charge in [0.2, 0.25) is 0 Å². The number of anilines is 1. The van der Waals surface area contributed by atoms with Crippen LogP contribution in [0.5, 0.6) is 0 Å². The van der Waals surface area contributed by atoms with Crippen molar-refractivity contribution in [2.24, 2.45) is 7.05 Å². The predicted molar refractivity (Wildman–Crippen MR) is 82.8 cm³/mol. The van der Waals surface area contributed by atoms with E-state index < -0.39 is 4.92 Å². The molecular weight excluding hydrogens is 292 g/mol. The summed E-state index contributed by atoms with van der Waals surface area (Å²) in [5.41, 5.74) is 3.64. The van der Waals surface area contributed by atoms with Gasteiger partial charge in [-0.15, -0.1) is 0 Å². The van der Waals surface area contributed by atoms with Gasteiger partial charge in [0, 0.05) is 37.1 Å². The second-order valence-corrected chi connectivity index (χ2v) is 5.26. The second-order valence-electron chi connectivity index (χ2n) is 4.86. The monoisotopic (exact) mass is 308 g/mol. The van der Waals surface area contributed by atoms with Gasteiger partial charge in [-0.05, 0) is 25.0 Å². The Kier molecular flexibility index (Phi) is 4.47. The minimum Gasteiger partial charge on any atom is -0.381 e. The maximum absolute atomic E-state index is 10.8. The second kappa shape index (κ2) is 6.13. The van der Waals surface area contributed by atoms with E-state index >= 15 is 0 Å². The number of nitro groups is 1. The quantitative estimate of drug-likeness (QED) is 0.678. The number of aryl methyl sites for hydroxylation is 3. The van der Waals surface area contributed by atoms with Gasteiger partial charge in [0.1, 0.15) is 5.02 Å². The third kappa shape index (κ3) is 3.33. The molecule has 0 fully saturated rings. The van der Waals surface area contributed by atoms with Crippen LogP contribution < -0.4 is 5.32 Å². The molecule has 0 saturated heterocycles. The molecule has 0 aliphatic heterocycles. The Morgan fingerprint density at radius 3 is 2.81 bits per heavy atom. The lowest BCUT2D eigenvalue weighted by Gasteiger charge is -2.10. The maximum atomic E-state index is 10.8. The number of nitrogens with zero attached hydrogens (tertiary/aromatic N) is 3. The highest BCUT2D eigenvalue weighted by Gasteiger charge is 2.15. The highest BCUT2D eigenvalue weighted by atomic mass is 35.5. The van der Waals surface area contributed by atoms with E-state index in [2.05, 4.69) is 17.3 Å². The van der Waals surface area contributed by atoms with Crippen LogP contribution in [-0.4, -0.2) is 14.7 Å². The van der Waals surface area contributed by atoms with E-state index in [0.717, 1.165) is 28.9 Å². The summed E-state index contributed by atoms with van der Waals surface area (Å²) >= 11 is 5.94. The third-order valence-electron chi connectivity index (χ3n) is 3.29. The average molecular weight is 309 g/mol. The Balaban J connectivity index is 2.20. The molecule has 0 radical (unpaired) electrons. The van der Waals surface area contributed by atoms with Crippen LogP contribution in [0.1, 0.15) is 23.7 Å². The molecule has 0 saturated carbocycles. The Morgan fingerprint density at radius 2 is 2.19 bits per heavy atom. The van der Waals surface area contributed by atoms with Crippen molar-refractivity contribution in [1.29, 1.82) is 0 Å². The molecule has 0 unspecified atom stereocenters. The summed E-state index contributed by atoms with van der Waals surface area (Å²) in [4.78, 5) is 10.4. The van der Waals surface area contributed by atoms with E-state index in [-0.39, 0.29) is 10.7 Å². The first-order valence-corrected chi connectivity index (χ1v) is 7.00. The first kappa shape index (κ1) is 15.3. The molecule has 0 atom stereocenters. The summed E-state index contributed by atoms with van der Waals surface area (Å²) in [7, 11) is 1.89. The van der Waals surface area contributed by atoms with Crippen LogP contribution in [0, 0.1) is 17.0 Å². The summed E-state index contributed by atoms with van der Waals surface area (Å²) < 4.78 is 1.78. The van der Waals surface area contributed by atoms with Crippen molar-refractivity contribution in [3.05, 3.63) is 50.3 Å². The SMILES string of the molecule is CCc1nn(C)cc1CNc1cc(Cl)c([N+](=O)[O-])cc1C. The highest BCUT2D eigenvalue weighted by Crippen LogP contribution is 2.30. The van der Waals surface area contributed by atoms with E-state index in [9.17, 15) is 10.1 Å². The van der Waals surface area contributed by atoms with Crippen molar-refractivity contribution in [2.45, 2.75) is 26.8 Å². The molecule has 2 rings (SSSR count). The van der Waals surface area contributed by atoms with Crippen molar-refractivity contribution in [1.82, 2.24) is 9.78 Å². The third-order valence-corrected chi connectivity index (χ3v) is 3.59. The molecule has 1 heterocycles. The minimum atomic E-state index is -0.477. The summed E-state index contributed by atoms with van der Waals surface area (Å²) in [5, 5.41) is 18.6. The van der Waals surface area contributed by atoms with Gasteiger partial charge >= 0.3 is 0 Å². The van der Waals surface area contributed by atoms with E-state index in [1.165, 1.54) is 6.07 Å². The van der Waals surface area contributed by atoms with Crippen molar-refractivity contribution in [2.75, 3.05) is 5.32 Å². The fourth-order valence-corrected chi connectivity index (χ4v) is 2.45. The van der Waals surface area contributed by atoms with Crippen LogP contribution in [0.4, 0.5) is 11.4 Å². The fourth-order valence-electron chi connectivity index (χ4n) is 2.22. The average Bonchev–Trinajstić information content (AvgIpc) is 2.79. The molecule has 0 aliphatic rings. The maximum Gasteiger partial charge on any atom is 0.288 e. The lowest BCUT2D eigenvalue weighted by atomic mass is 10.1. The zero-order chi connectivity index (χ0) is 15.6. The number of hydrogen-bond acceptors (Lipinski definition) is 4. The number of hydrogen-bond donors (Lipinski definition) is 1. The number of nitrogens with one attached hydrogen (secondary N) is 1. The Bertz CT molecular complexity index is 682. The van der Waals surface area contributed by atoms with E-state index in [0.29, 0.717) is 6.54 Å². The molecule has 6 nitrogen and oxygen atoms in total. The molecule has 1 N–H and O–H groups in total. The van der Waals surface area contributed by atoms with E-state index in [1.54, 1.807) is 10.7 Å². The van der Waals surface area contributed by atoms with Crippen LogP contribution in [-0.2, 0) is 20.0 Å². The van der Waals surface area contributed by atoms with Crippen LogP contribution in [0.25, 0.3) is 0 Å². The molecule has 21 heavy (non-hydrogen) atoms. The highest BCUT2D eigenvalue weighted by molar-refractivity contribution is 6.33. The smallest absolute Gasteiger partial charge is 0.288 e. The van der Waals surface area contributed by atoms with Crippen LogP contribution in [0.3, 0.4) is 0 Å². The van der Waals surface area contributed by atoms with Gasteiger partial charge in [0.15, 0.2) is 0 Å². The molecule has 1 aromatic heterocycles. The standard InChI is InChI=1S/C14H17ClN4O2/c1-4-12-10(8-18(3)17-12)7-16-13-6-11(15)14(19(20)21)5-9(13)2/h5-6,8,16H,4,7H2,1-3H3. The first-order chi connectivity index (χ1) is 9.92. The number of nitro benzene ring substituents is 1. The molecule has 1 aromatic carbocycles.